The Balaban J connectivity index is 2.13. The van der Waals surface area contributed by atoms with Gasteiger partial charge in [-0.25, -0.2) is 0 Å². The number of carbonyl (C=O) groups excluding carboxylic acids is 1. The van der Waals surface area contributed by atoms with Gasteiger partial charge in [-0.05, 0) is 25.5 Å². The van der Waals surface area contributed by atoms with Gasteiger partial charge in [-0.15, -0.1) is 11.8 Å². The predicted molar refractivity (Wildman–Crippen MR) is 75.9 cm³/mol. The number of alkyl halides is 1. The van der Waals surface area contributed by atoms with Crippen LogP contribution in [-0.4, -0.2) is 22.5 Å². The smallest absolute Gasteiger partial charge is 0.228 e. The summed E-state index contributed by atoms with van der Waals surface area (Å²) in [5.74, 6) is 0.977. The van der Waals surface area contributed by atoms with Gasteiger partial charge in [0.25, 0.3) is 0 Å². The van der Waals surface area contributed by atoms with Crippen molar-refractivity contribution in [2.24, 2.45) is 0 Å². The number of rotatable bonds is 3. The van der Waals surface area contributed by atoms with Crippen molar-refractivity contribution in [2.75, 3.05) is 11.1 Å². The van der Waals surface area contributed by atoms with Gasteiger partial charge in [-0.3, -0.25) is 4.79 Å². The maximum atomic E-state index is 12.2. The van der Waals surface area contributed by atoms with Gasteiger partial charge in [0, 0.05) is 21.5 Å². The highest BCUT2D eigenvalue weighted by Gasteiger charge is 2.31. The molecule has 2 rings (SSSR count). The van der Waals surface area contributed by atoms with E-state index in [1.165, 1.54) is 10.5 Å². The van der Waals surface area contributed by atoms with E-state index in [2.05, 4.69) is 33.4 Å². The summed E-state index contributed by atoms with van der Waals surface area (Å²) < 4.78 is 0. The lowest BCUT2D eigenvalue weighted by molar-refractivity contribution is -0.123. The molecule has 0 saturated heterocycles. The Morgan fingerprint density at radius 3 is 2.94 bits per heavy atom. The number of fused-ring (bicyclic) bond motifs is 1. The van der Waals surface area contributed by atoms with Gasteiger partial charge in [0.05, 0.1) is 5.92 Å². The van der Waals surface area contributed by atoms with Crippen molar-refractivity contribution in [3.05, 3.63) is 29.8 Å². The molecule has 1 aromatic rings. The van der Waals surface area contributed by atoms with Gasteiger partial charge in [0.1, 0.15) is 0 Å². The van der Waals surface area contributed by atoms with Crippen molar-refractivity contribution in [1.82, 2.24) is 5.32 Å². The Labute approximate surface area is 115 Å². The standard InChI is InChI=1S/C13H16BrNOS/c1-13(2,8-14)15-12(16)10-7-17-11-6-4-3-5-9(10)11/h3-6,10H,7-8H2,1-2H3,(H,15,16). The number of benzene rings is 1. The minimum Gasteiger partial charge on any atom is -0.350 e. The van der Waals surface area contributed by atoms with E-state index in [1.807, 2.05) is 26.0 Å². The summed E-state index contributed by atoms with van der Waals surface area (Å²) in [6, 6.07) is 8.17. The summed E-state index contributed by atoms with van der Waals surface area (Å²) in [4.78, 5) is 13.5. The van der Waals surface area contributed by atoms with Crippen molar-refractivity contribution in [2.45, 2.75) is 30.2 Å². The molecule has 2 nitrogen and oxygen atoms in total. The molecule has 0 bridgehead atoms. The highest BCUT2D eigenvalue weighted by Crippen LogP contribution is 2.39. The van der Waals surface area contributed by atoms with E-state index < -0.39 is 0 Å². The Bertz CT molecular complexity index is 433. The summed E-state index contributed by atoms with van der Waals surface area (Å²) in [7, 11) is 0. The number of hydrogen-bond donors (Lipinski definition) is 1. The van der Waals surface area contributed by atoms with Crippen molar-refractivity contribution >= 4 is 33.6 Å². The van der Waals surface area contributed by atoms with Crippen LogP contribution in [0.1, 0.15) is 25.3 Å². The molecule has 92 valence electrons. The van der Waals surface area contributed by atoms with Crippen LogP contribution in [-0.2, 0) is 4.79 Å². The number of amides is 1. The second-order valence-corrected chi connectivity index (χ2v) is 6.53. The molecule has 4 heteroatoms. The van der Waals surface area contributed by atoms with E-state index in [0.717, 1.165) is 11.1 Å². The number of carbonyl (C=O) groups is 1. The molecule has 1 aliphatic rings. The van der Waals surface area contributed by atoms with Crippen LogP contribution in [0.2, 0.25) is 0 Å². The first-order chi connectivity index (χ1) is 8.03. The summed E-state index contributed by atoms with van der Waals surface area (Å²) in [5, 5.41) is 3.85. The van der Waals surface area contributed by atoms with Crippen LogP contribution in [0.3, 0.4) is 0 Å². The number of nitrogens with one attached hydrogen (secondary N) is 1. The van der Waals surface area contributed by atoms with Gasteiger partial charge in [-0.2, -0.15) is 0 Å². The number of hydrogen-bond acceptors (Lipinski definition) is 2. The third-order valence-corrected chi connectivity index (χ3v) is 5.40. The third-order valence-electron chi connectivity index (χ3n) is 2.81. The molecule has 1 aromatic carbocycles. The maximum absolute atomic E-state index is 12.2. The van der Waals surface area contributed by atoms with Crippen LogP contribution < -0.4 is 5.32 Å². The van der Waals surface area contributed by atoms with E-state index in [1.54, 1.807) is 11.8 Å². The summed E-state index contributed by atoms with van der Waals surface area (Å²) in [5.41, 5.74) is 0.972. The predicted octanol–water partition coefficient (Wildman–Crippen LogP) is 3.17. The molecular weight excluding hydrogens is 298 g/mol. The van der Waals surface area contributed by atoms with Crippen LogP contribution in [0.15, 0.2) is 29.2 Å². The molecule has 1 N–H and O–H groups in total. The average molecular weight is 314 g/mol. The van der Waals surface area contributed by atoms with Crippen LogP contribution >= 0.6 is 27.7 Å². The molecular formula is C13H16BrNOS. The topological polar surface area (TPSA) is 29.1 Å². The largest absolute Gasteiger partial charge is 0.350 e. The van der Waals surface area contributed by atoms with Gasteiger partial charge >= 0.3 is 0 Å². The minimum absolute atomic E-state index is 0.00507. The molecule has 1 aliphatic heterocycles. The molecule has 1 amide bonds. The van der Waals surface area contributed by atoms with Crippen LogP contribution in [0.5, 0.6) is 0 Å². The lowest BCUT2D eigenvalue weighted by Crippen LogP contribution is -2.46. The summed E-state index contributed by atoms with van der Waals surface area (Å²) in [6.07, 6.45) is 0. The van der Waals surface area contributed by atoms with Crippen molar-refractivity contribution < 1.29 is 4.79 Å². The molecule has 0 radical (unpaired) electrons. The van der Waals surface area contributed by atoms with E-state index in [9.17, 15) is 4.79 Å². The summed E-state index contributed by atoms with van der Waals surface area (Å²) >= 11 is 5.19. The lowest BCUT2D eigenvalue weighted by Gasteiger charge is -2.25. The first-order valence-corrected chi connectivity index (χ1v) is 7.74. The maximum Gasteiger partial charge on any atom is 0.228 e. The Hall–Kier alpha value is -0.480. The van der Waals surface area contributed by atoms with Gasteiger partial charge in [0.2, 0.25) is 5.91 Å². The second-order valence-electron chi connectivity index (χ2n) is 4.91. The minimum atomic E-state index is -0.195. The Morgan fingerprint density at radius 2 is 2.24 bits per heavy atom. The first kappa shape index (κ1) is 13.0. The van der Waals surface area contributed by atoms with E-state index in [0.29, 0.717) is 0 Å². The number of halogens is 1. The molecule has 0 aliphatic carbocycles. The van der Waals surface area contributed by atoms with Crippen molar-refractivity contribution in [3.8, 4) is 0 Å². The molecule has 1 unspecified atom stereocenters. The van der Waals surface area contributed by atoms with E-state index >= 15 is 0 Å². The van der Waals surface area contributed by atoms with E-state index in [-0.39, 0.29) is 17.4 Å². The molecule has 17 heavy (non-hydrogen) atoms. The highest BCUT2D eigenvalue weighted by atomic mass is 79.9. The zero-order chi connectivity index (χ0) is 12.5. The molecule has 1 atom stereocenters. The fraction of sp³-hybridized carbons (Fsp3) is 0.462. The zero-order valence-electron chi connectivity index (χ0n) is 10.00. The molecule has 0 fully saturated rings. The third kappa shape index (κ3) is 2.86. The molecule has 0 saturated carbocycles. The lowest BCUT2D eigenvalue weighted by atomic mass is 9.99. The van der Waals surface area contributed by atoms with E-state index in [4.69, 9.17) is 0 Å². The highest BCUT2D eigenvalue weighted by molar-refractivity contribution is 9.09. The van der Waals surface area contributed by atoms with Crippen LogP contribution in [0.4, 0.5) is 0 Å². The summed E-state index contributed by atoms with van der Waals surface area (Å²) in [6.45, 7) is 4.04. The quantitative estimate of drug-likeness (QED) is 0.868. The normalized spacial score (nSPS) is 18.9. The van der Waals surface area contributed by atoms with Crippen LogP contribution in [0, 0.1) is 0 Å². The van der Waals surface area contributed by atoms with Crippen molar-refractivity contribution in [1.29, 1.82) is 0 Å². The first-order valence-electron chi connectivity index (χ1n) is 5.63. The van der Waals surface area contributed by atoms with Gasteiger partial charge in [-0.1, -0.05) is 34.1 Å². The molecule has 0 spiro atoms. The fourth-order valence-corrected chi connectivity index (χ4v) is 3.20. The Morgan fingerprint density at radius 1 is 1.53 bits per heavy atom. The van der Waals surface area contributed by atoms with Crippen molar-refractivity contribution in [3.63, 3.8) is 0 Å². The SMILES string of the molecule is CC(C)(CBr)NC(=O)C1CSc2ccccc21. The second kappa shape index (κ2) is 5.02. The molecule has 0 aromatic heterocycles. The zero-order valence-corrected chi connectivity index (χ0v) is 12.4. The van der Waals surface area contributed by atoms with Gasteiger partial charge in [0.15, 0.2) is 0 Å². The number of thioether (sulfide) groups is 1. The van der Waals surface area contributed by atoms with Crippen LogP contribution in [0.25, 0.3) is 0 Å². The average Bonchev–Trinajstić information content (AvgIpc) is 2.72. The Kier molecular flexibility index (Phi) is 3.83. The molecule has 1 heterocycles. The monoisotopic (exact) mass is 313 g/mol. The fourth-order valence-electron chi connectivity index (χ4n) is 1.83. The van der Waals surface area contributed by atoms with Gasteiger partial charge < -0.3 is 5.32 Å².